The van der Waals surface area contributed by atoms with Gasteiger partial charge in [0.15, 0.2) is 0 Å². The van der Waals surface area contributed by atoms with E-state index in [1.165, 1.54) is 47.4 Å². The Morgan fingerprint density at radius 2 is 2.03 bits per heavy atom. The quantitative estimate of drug-likeness (QED) is 0.186. The molecule has 0 aliphatic heterocycles. The molecule has 2 rings (SSSR count). The van der Waals surface area contributed by atoms with Crippen molar-refractivity contribution in [3.05, 3.63) is 59.4 Å². The van der Waals surface area contributed by atoms with E-state index in [4.69, 9.17) is 9.15 Å². The summed E-state index contributed by atoms with van der Waals surface area (Å²) in [5.41, 5.74) is -0.409. The van der Waals surface area contributed by atoms with Crippen molar-refractivity contribution in [2.24, 2.45) is 5.92 Å². The van der Waals surface area contributed by atoms with Crippen LogP contribution in [0.1, 0.15) is 40.0 Å². The summed E-state index contributed by atoms with van der Waals surface area (Å²) in [7, 11) is 0. The SMILES string of the molecule is CCOC(=O)C=CCCC(NSc1ccoc1)C(=O)Nc1cccn(CC(=O)NCCC(C)C)c1=O. The molecule has 0 aliphatic carbocycles. The largest absolute Gasteiger partial charge is 0.471 e. The Labute approximate surface area is 215 Å². The molecule has 0 spiro atoms. The highest BCUT2D eigenvalue weighted by Crippen LogP contribution is 2.17. The molecule has 2 aromatic rings. The number of amides is 2. The van der Waals surface area contributed by atoms with E-state index in [-0.39, 0.29) is 24.7 Å². The Hall–Kier alpha value is -3.31. The van der Waals surface area contributed by atoms with E-state index in [0.29, 0.717) is 25.3 Å². The van der Waals surface area contributed by atoms with Crippen molar-refractivity contribution < 1.29 is 23.5 Å². The Kier molecular flexibility index (Phi) is 12.6. The fraction of sp³-hybridized carbons (Fsp3) is 0.440. The van der Waals surface area contributed by atoms with Crippen molar-refractivity contribution in [1.29, 1.82) is 0 Å². The van der Waals surface area contributed by atoms with Crippen LogP contribution in [0.15, 0.2) is 63.2 Å². The van der Waals surface area contributed by atoms with Crippen LogP contribution in [-0.4, -0.2) is 41.5 Å². The topological polar surface area (TPSA) is 132 Å². The average molecular weight is 519 g/mol. The molecule has 0 saturated heterocycles. The molecule has 0 aromatic carbocycles. The summed E-state index contributed by atoms with van der Waals surface area (Å²) in [5, 5.41) is 5.46. The number of aromatic nitrogens is 1. The molecule has 2 heterocycles. The minimum atomic E-state index is -0.691. The fourth-order valence-electron chi connectivity index (χ4n) is 3.01. The number of hydrogen-bond donors (Lipinski definition) is 3. The number of nitrogens with one attached hydrogen (secondary N) is 3. The molecular formula is C25H34N4O6S. The first kappa shape index (κ1) is 28.9. The van der Waals surface area contributed by atoms with E-state index in [1.54, 1.807) is 25.1 Å². The highest BCUT2D eigenvalue weighted by molar-refractivity contribution is 7.97. The first-order valence-electron chi connectivity index (χ1n) is 11.8. The number of hydrogen-bond acceptors (Lipinski definition) is 8. The summed E-state index contributed by atoms with van der Waals surface area (Å²) < 4.78 is 14.2. The summed E-state index contributed by atoms with van der Waals surface area (Å²) in [5.74, 6) is -0.685. The van der Waals surface area contributed by atoms with Gasteiger partial charge in [0.2, 0.25) is 11.8 Å². The Bertz CT molecular complexity index is 1060. The Morgan fingerprint density at radius 1 is 1.22 bits per heavy atom. The lowest BCUT2D eigenvalue weighted by Gasteiger charge is -2.17. The van der Waals surface area contributed by atoms with Gasteiger partial charge < -0.3 is 24.4 Å². The van der Waals surface area contributed by atoms with E-state index >= 15 is 0 Å². The van der Waals surface area contributed by atoms with E-state index in [2.05, 4.69) is 29.2 Å². The van der Waals surface area contributed by atoms with Crippen LogP contribution in [0.2, 0.25) is 0 Å². The van der Waals surface area contributed by atoms with Crippen molar-refractivity contribution in [1.82, 2.24) is 14.6 Å². The number of esters is 1. The van der Waals surface area contributed by atoms with Crippen LogP contribution >= 0.6 is 11.9 Å². The van der Waals surface area contributed by atoms with Gasteiger partial charge in [-0.2, -0.15) is 0 Å². The third kappa shape index (κ3) is 10.5. The van der Waals surface area contributed by atoms with Crippen LogP contribution in [0.5, 0.6) is 0 Å². The number of rotatable bonds is 15. The summed E-state index contributed by atoms with van der Waals surface area (Å²) in [4.78, 5) is 50.4. The number of anilines is 1. The number of furan rings is 1. The molecule has 0 saturated carbocycles. The van der Waals surface area contributed by atoms with Gasteiger partial charge in [-0.15, -0.1) is 0 Å². The number of allylic oxidation sites excluding steroid dienone is 1. The molecule has 196 valence electrons. The lowest BCUT2D eigenvalue weighted by atomic mass is 10.1. The Balaban J connectivity index is 2.03. The Morgan fingerprint density at radius 3 is 2.72 bits per heavy atom. The van der Waals surface area contributed by atoms with Crippen LogP contribution in [0.3, 0.4) is 0 Å². The molecule has 2 amide bonds. The van der Waals surface area contributed by atoms with Gasteiger partial charge in [0, 0.05) is 18.8 Å². The third-order valence-electron chi connectivity index (χ3n) is 4.93. The molecule has 0 fully saturated rings. The number of nitrogens with zero attached hydrogens (tertiary/aromatic N) is 1. The highest BCUT2D eigenvalue weighted by Gasteiger charge is 2.20. The van der Waals surface area contributed by atoms with Crippen molar-refractivity contribution >= 4 is 35.4 Å². The average Bonchev–Trinajstić information content (AvgIpc) is 3.34. The lowest BCUT2D eigenvalue weighted by molar-refractivity contribution is -0.137. The second kappa shape index (κ2) is 15.6. The molecule has 10 nitrogen and oxygen atoms in total. The predicted molar refractivity (Wildman–Crippen MR) is 138 cm³/mol. The van der Waals surface area contributed by atoms with Gasteiger partial charge in [-0.25, -0.2) is 9.52 Å². The fourth-order valence-corrected chi connectivity index (χ4v) is 3.74. The standard InChI is InChI=1S/C25H34N4O6S/c1-4-35-23(31)10-6-5-8-20(28-36-19-12-15-34-17-19)24(32)27-21-9-7-14-29(25(21)33)16-22(30)26-13-11-18(2)3/h6-7,9-10,12,14-15,17-18,20,28H,4-5,8,11,13,16H2,1-3H3,(H,26,30)(H,27,32). The second-order valence-corrected chi connectivity index (χ2v) is 9.25. The normalized spacial score (nSPS) is 12.0. The zero-order valence-electron chi connectivity index (χ0n) is 20.8. The van der Waals surface area contributed by atoms with E-state index in [1.807, 2.05) is 0 Å². The molecule has 0 aliphatic rings. The van der Waals surface area contributed by atoms with Gasteiger partial charge in [0.1, 0.15) is 18.5 Å². The maximum absolute atomic E-state index is 13.0. The molecule has 0 bridgehead atoms. The molecule has 11 heteroatoms. The number of carbonyl (C=O) groups is 3. The number of carbonyl (C=O) groups excluding carboxylic acids is 3. The van der Waals surface area contributed by atoms with Crippen molar-refractivity contribution in [3.63, 3.8) is 0 Å². The van der Waals surface area contributed by atoms with Gasteiger partial charge in [-0.3, -0.25) is 14.4 Å². The van der Waals surface area contributed by atoms with E-state index < -0.39 is 23.5 Å². The predicted octanol–water partition coefficient (Wildman–Crippen LogP) is 3.11. The van der Waals surface area contributed by atoms with Gasteiger partial charge in [-0.1, -0.05) is 19.9 Å². The van der Waals surface area contributed by atoms with Crippen LogP contribution in [0, 0.1) is 5.92 Å². The molecule has 0 radical (unpaired) electrons. The molecule has 1 atom stereocenters. The van der Waals surface area contributed by atoms with Crippen molar-refractivity contribution in [2.45, 2.75) is 57.5 Å². The number of pyridine rings is 1. The first-order chi connectivity index (χ1) is 17.3. The van der Waals surface area contributed by atoms with Gasteiger partial charge in [0.05, 0.1) is 23.8 Å². The summed E-state index contributed by atoms with van der Waals surface area (Å²) >= 11 is 1.22. The van der Waals surface area contributed by atoms with Crippen LogP contribution in [0.25, 0.3) is 0 Å². The minimum absolute atomic E-state index is 0.0691. The molecular weight excluding hydrogens is 484 g/mol. The maximum atomic E-state index is 13.0. The summed E-state index contributed by atoms with van der Waals surface area (Å²) in [6.07, 6.45) is 9.14. The second-order valence-electron chi connectivity index (χ2n) is 8.34. The minimum Gasteiger partial charge on any atom is -0.471 e. The third-order valence-corrected chi connectivity index (χ3v) is 5.80. The van der Waals surface area contributed by atoms with Gasteiger partial charge in [-0.05, 0) is 62.3 Å². The van der Waals surface area contributed by atoms with Crippen molar-refractivity contribution in [3.8, 4) is 0 Å². The zero-order chi connectivity index (χ0) is 26.3. The first-order valence-corrected chi connectivity index (χ1v) is 12.7. The van der Waals surface area contributed by atoms with Crippen LogP contribution < -0.4 is 20.9 Å². The van der Waals surface area contributed by atoms with Crippen LogP contribution in [0.4, 0.5) is 5.69 Å². The highest BCUT2D eigenvalue weighted by atomic mass is 32.2. The maximum Gasteiger partial charge on any atom is 0.330 e. The smallest absolute Gasteiger partial charge is 0.330 e. The van der Waals surface area contributed by atoms with Crippen LogP contribution in [-0.2, 0) is 25.7 Å². The summed E-state index contributed by atoms with van der Waals surface area (Å²) in [6, 6.07) is 4.15. The molecule has 3 N–H and O–H groups in total. The van der Waals surface area contributed by atoms with Gasteiger partial charge >= 0.3 is 5.97 Å². The lowest BCUT2D eigenvalue weighted by Crippen LogP contribution is -2.39. The molecule has 1 unspecified atom stereocenters. The number of ether oxygens (including phenoxy) is 1. The monoisotopic (exact) mass is 518 g/mol. The van der Waals surface area contributed by atoms with Gasteiger partial charge in [0.25, 0.3) is 5.56 Å². The molecule has 36 heavy (non-hydrogen) atoms. The van der Waals surface area contributed by atoms with E-state index in [9.17, 15) is 19.2 Å². The molecule has 2 aromatic heterocycles. The zero-order valence-corrected chi connectivity index (χ0v) is 21.6. The van der Waals surface area contributed by atoms with E-state index in [0.717, 1.165) is 11.3 Å². The van der Waals surface area contributed by atoms with Crippen molar-refractivity contribution in [2.75, 3.05) is 18.5 Å². The summed E-state index contributed by atoms with van der Waals surface area (Å²) in [6.45, 7) is 6.53.